The van der Waals surface area contributed by atoms with Crippen LogP contribution >= 0.6 is 0 Å². The second kappa shape index (κ2) is 6.15. The summed E-state index contributed by atoms with van der Waals surface area (Å²) in [6.07, 6.45) is 0.656. The van der Waals surface area contributed by atoms with E-state index in [9.17, 15) is 9.59 Å². The third kappa shape index (κ3) is 2.39. The number of aromatic amines is 1. The molecule has 4 rings (SSSR count). The predicted molar refractivity (Wildman–Crippen MR) is 103 cm³/mol. The molecule has 3 aromatic carbocycles. The largest absolute Gasteiger partial charge is 0.465 e. The molecule has 0 spiro atoms. The van der Waals surface area contributed by atoms with Gasteiger partial charge in [0.2, 0.25) is 0 Å². The number of ether oxygens (including phenoxy) is 1. The quantitative estimate of drug-likeness (QED) is 0.327. The van der Waals surface area contributed by atoms with Crippen molar-refractivity contribution in [2.45, 2.75) is 6.92 Å². The zero-order chi connectivity index (χ0) is 18.3. The highest BCUT2D eigenvalue weighted by molar-refractivity contribution is 6.11. The van der Waals surface area contributed by atoms with E-state index in [4.69, 9.17) is 4.74 Å². The summed E-state index contributed by atoms with van der Waals surface area (Å²) in [5.41, 5.74) is 2.88. The van der Waals surface area contributed by atoms with E-state index in [1.807, 2.05) is 37.3 Å². The van der Waals surface area contributed by atoms with Crippen LogP contribution in [0, 0.1) is 6.92 Å². The maximum Gasteiger partial charge on any atom is 0.340 e. The molecule has 0 atom stereocenters. The van der Waals surface area contributed by atoms with Gasteiger partial charge in [-0.05, 0) is 46.2 Å². The first-order valence-electron chi connectivity index (χ1n) is 8.32. The van der Waals surface area contributed by atoms with Gasteiger partial charge in [0.05, 0.1) is 18.4 Å². The van der Waals surface area contributed by atoms with Crippen molar-refractivity contribution >= 4 is 33.8 Å². The molecule has 0 saturated carbocycles. The first kappa shape index (κ1) is 16.1. The number of carbonyl (C=O) groups is 2. The molecule has 0 amide bonds. The standard InChI is InChI=1S/C22H17NO3/c1-13-20(21(22(25)26-2)19(12-24)23-13)17-9-5-8-16-10-14-6-3-4-7-15(14)11-18(16)17/h3-12,23H,1-2H3. The summed E-state index contributed by atoms with van der Waals surface area (Å²) in [5, 5.41) is 4.38. The van der Waals surface area contributed by atoms with E-state index in [2.05, 4.69) is 29.2 Å². The van der Waals surface area contributed by atoms with Gasteiger partial charge in [0.1, 0.15) is 0 Å². The van der Waals surface area contributed by atoms with Crippen LogP contribution in [0.15, 0.2) is 54.6 Å². The van der Waals surface area contributed by atoms with Gasteiger partial charge in [-0.2, -0.15) is 0 Å². The van der Waals surface area contributed by atoms with Gasteiger partial charge in [-0.1, -0.05) is 42.5 Å². The lowest BCUT2D eigenvalue weighted by atomic mass is 9.93. The summed E-state index contributed by atoms with van der Waals surface area (Å²) in [6.45, 7) is 1.86. The van der Waals surface area contributed by atoms with E-state index < -0.39 is 5.97 Å². The van der Waals surface area contributed by atoms with Gasteiger partial charge in [0.25, 0.3) is 0 Å². The van der Waals surface area contributed by atoms with Crippen LogP contribution in [0.25, 0.3) is 32.7 Å². The van der Waals surface area contributed by atoms with Crippen molar-refractivity contribution in [1.82, 2.24) is 4.98 Å². The number of H-pyrrole nitrogens is 1. The third-order valence-corrected chi connectivity index (χ3v) is 4.74. The Labute approximate surface area is 150 Å². The van der Waals surface area contributed by atoms with Crippen LogP contribution in [0.4, 0.5) is 0 Å². The molecule has 0 fully saturated rings. The SMILES string of the molecule is COC(=O)c1c(C=O)[nH]c(C)c1-c1cccc2cc3ccccc3cc12. The maximum atomic E-state index is 12.3. The number of benzene rings is 3. The van der Waals surface area contributed by atoms with E-state index in [1.165, 1.54) is 7.11 Å². The Morgan fingerprint density at radius 3 is 2.38 bits per heavy atom. The van der Waals surface area contributed by atoms with Crippen molar-refractivity contribution in [3.05, 3.63) is 71.5 Å². The molecular weight excluding hydrogens is 326 g/mol. The zero-order valence-electron chi connectivity index (χ0n) is 14.5. The Kier molecular flexibility index (Phi) is 3.81. The minimum absolute atomic E-state index is 0.238. The Morgan fingerprint density at radius 1 is 1.00 bits per heavy atom. The molecule has 0 aliphatic rings. The second-order valence-corrected chi connectivity index (χ2v) is 6.25. The molecule has 0 aliphatic carbocycles. The summed E-state index contributed by atoms with van der Waals surface area (Å²) < 4.78 is 4.92. The lowest BCUT2D eigenvalue weighted by Gasteiger charge is -2.10. The molecule has 4 nitrogen and oxygen atoms in total. The lowest BCUT2D eigenvalue weighted by Crippen LogP contribution is -2.05. The maximum absolute atomic E-state index is 12.3. The number of hydrogen-bond donors (Lipinski definition) is 1. The highest BCUT2D eigenvalue weighted by Crippen LogP contribution is 2.36. The summed E-state index contributed by atoms with van der Waals surface area (Å²) in [6, 6.07) is 18.4. The fourth-order valence-electron chi connectivity index (χ4n) is 3.57. The van der Waals surface area contributed by atoms with Crippen LogP contribution in [0.3, 0.4) is 0 Å². The minimum Gasteiger partial charge on any atom is -0.465 e. The van der Waals surface area contributed by atoms with Crippen molar-refractivity contribution < 1.29 is 14.3 Å². The number of nitrogens with one attached hydrogen (secondary N) is 1. The van der Waals surface area contributed by atoms with Gasteiger partial charge < -0.3 is 9.72 Å². The van der Waals surface area contributed by atoms with Gasteiger partial charge in [0, 0.05) is 11.3 Å². The zero-order valence-corrected chi connectivity index (χ0v) is 14.5. The monoisotopic (exact) mass is 343 g/mol. The smallest absolute Gasteiger partial charge is 0.340 e. The Hall–Kier alpha value is -3.40. The van der Waals surface area contributed by atoms with Crippen molar-refractivity contribution in [2.24, 2.45) is 0 Å². The van der Waals surface area contributed by atoms with Gasteiger partial charge in [-0.15, -0.1) is 0 Å². The minimum atomic E-state index is -0.524. The Balaban J connectivity index is 2.09. The number of aromatic nitrogens is 1. The predicted octanol–water partition coefficient (Wildman–Crippen LogP) is 4.90. The molecule has 0 unspecified atom stereocenters. The number of aldehydes is 1. The molecule has 1 N–H and O–H groups in total. The van der Waals surface area contributed by atoms with Gasteiger partial charge in [-0.25, -0.2) is 4.79 Å². The van der Waals surface area contributed by atoms with Crippen LogP contribution < -0.4 is 0 Å². The molecule has 0 bridgehead atoms. The molecule has 0 radical (unpaired) electrons. The first-order chi connectivity index (χ1) is 12.6. The number of esters is 1. The van der Waals surface area contributed by atoms with E-state index in [-0.39, 0.29) is 11.3 Å². The average molecular weight is 343 g/mol. The molecular formula is C22H17NO3. The van der Waals surface area contributed by atoms with Crippen molar-refractivity contribution in [3.63, 3.8) is 0 Å². The Bertz CT molecular complexity index is 1170. The second-order valence-electron chi connectivity index (χ2n) is 6.25. The Morgan fingerprint density at radius 2 is 1.69 bits per heavy atom. The van der Waals surface area contributed by atoms with Gasteiger partial charge >= 0.3 is 5.97 Å². The number of carbonyl (C=O) groups excluding carboxylic acids is 2. The van der Waals surface area contributed by atoms with Gasteiger partial charge in [-0.3, -0.25) is 4.79 Å². The van der Waals surface area contributed by atoms with E-state index in [1.54, 1.807) is 0 Å². The van der Waals surface area contributed by atoms with E-state index in [0.29, 0.717) is 11.8 Å². The molecule has 26 heavy (non-hydrogen) atoms. The normalized spacial score (nSPS) is 11.0. The molecule has 128 valence electrons. The molecule has 0 aliphatic heterocycles. The van der Waals surface area contributed by atoms with Crippen molar-refractivity contribution in [3.8, 4) is 11.1 Å². The van der Waals surface area contributed by atoms with Crippen LogP contribution in [0.5, 0.6) is 0 Å². The molecule has 4 aromatic rings. The highest BCUT2D eigenvalue weighted by Gasteiger charge is 2.24. The summed E-state index contributed by atoms with van der Waals surface area (Å²) >= 11 is 0. The number of rotatable bonds is 3. The van der Waals surface area contributed by atoms with E-state index in [0.717, 1.165) is 32.8 Å². The number of methoxy groups -OCH3 is 1. The fourth-order valence-corrected chi connectivity index (χ4v) is 3.57. The van der Waals surface area contributed by atoms with Crippen LogP contribution in [-0.4, -0.2) is 24.3 Å². The average Bonchev–Trinajstić information content (AvgIpc) is 3.01. The summed E-state index contributed by atoms with van der Waals surface area (Å²) in [5.74, 6) is -0.524. The fraction of sp³-hybridized carbons (Fsp3) is 0.0909. The van der Waals surface area contributed by atoms with Crippen LogP contribution in [0.1, 0.15) is 26.5 Å². The number of hydrogen-bond acceptors (Lipinski definition) is 3. The van der Waals surface area contributed by atoms with E-state index >= 15 is 0 Å². The molecule has 1 heterocycles. The molecule has 0 saturated heterocycles. The van der Waals surface area contributed by atoms with Crippen molar-refractivity contribution in [2.75, 3.05) is 7.11 Å². The number of aryl methyl sites for hydroxylation is 1. The van der Waals surface area contributed by atoms with Crippen LogP contribution in [0.2, 0.25) is 0 Å². The first-order valence-corrected chi connectivity index (χ1v) is 8.32. The highest BCUT2D eigenvalue weighted by atomic mass is 16.5. The lowest BCUT2D eigenvalue weighted by molar-refractivity contribution is 0.0599. The van der Waals surface area contributed by atoms with Gasteiger partial charge in [0.15, 0.2) is 6.29 Å². The molecule has 4 heteroatoms. The van der Waals surface area contributed by atoms with Crippen molar-refractivity contribution in [1.29, 1.82) is 0 Å². The number of fused-ring (bicyclic) bond motifs is 2. The van der Waals surface area contributed by atoms with Crippen LogP contribution in [-0.2, 0) is 4.74 Å². The third-order valence-electron chi connectivity index (χ3n) is 4.74. The summed E-state index contributed by atoms with van der Waals surface area (Å²) in [7, 11) is 1.32. The molecule has 1 aromatic heterocycles. The summed E-state index contributed by atoms with van der Waals surface area (Å²) in [4.78, 5) is 26.8. The topological polar surface area (TPSA) is 59.2 Å².